The standard InChI is InChI=1S/C20H22O7/c1-13(21)26-12-19(27-17-8-6-5-7-15(17)23-2)20(22)14-9-10-16(24-3)18(11-14)25-4/h5-11,19H,12H2,1-4H3. The normalized spacial score (nSPS) is 11.3. The topological polar surface area (TPSA) is 80.3 Å². The number of ether oxygens (including phenoxy) is 5. The van der Waals surface area contributed by atoms with Crippen LogP contribution in [-0.4, -0.2) is 45.8 Å². The molecular formula is C20H22O7. The van der Waals surface area contributed by atoms with Gasteiger partial charge in [-0.1, -0.05) is 12.1 Å². The molecule has 0 aromatic heterocycles. The molecular weight excluding hydrogens is 352 g/mol. The van der Waals surface area contributed by atoms with Crippen molar-refractivity contribution in [2.75, 3.05) is 27.9 Å². The molecule has 2 rings (SSSR count). The molecule has 0 saturated heterocycles. The number of methoxy groups -OCH3 is 3. The number of esters is 1. The summed E-state index contributed by atoms with van der Waals surface area (Å²) in [6, 6.07) is 11.7. The van der Waals surface area contributed by atoms with E-state index >= 15 is 0 Å². The summed E-state index contributed by atoms with van der Waals surface area (Å²) in [6.45, 7) is 1.03. The van der Waals surface area contributed by atoms with Crippen LogP contribution in [0.3, 0.4) is 0 Å². The Hall–Kier alpha value is -3.22. The Morgan fingerprint density at radius 2 is 1.44 bits per heavy atom. The number of rotatable bonds is 9. The summed E-state index contributed by atoms with van der Waals surface area (Å²) in [5, 5.41) is 0. The molecule has 0 amide bonds. The van der Waals surface area contributed by atoms with Gasteiger partial charge in [0.05, 0.1) is 21.3 Å². The zero-order valence-corrected chi connectivity index (χ0v) is 15.7. The van der Waals surface area contributed by atoms with Gasteiger partial charge in [0.2, 0.25) is 5.78 Å². The average molecular weight is 374 g/mol. The van der Waals surface area contributed by atoms with E-state index < -0.39 is 12.1 Å². The molecule has 7 heteroatoms. The van der Waals surface area contributed by atoms with Gasteiger partial charge in [-0.2, -0.15) is 0 Å². The van der Waals surface area contributed by atoms with E-state index in [0.29, 0.717) is 28.6 Å². The molecule has 0 spiro atoms. The molecule has 0 saturated carbocycles. The fourth-order valence-corrected chi connectivity index (χ4v) is 2.40. The third-order valence-corrected chi connectivity index (χ3v) is 3.74. The molecule has 1 atom stereocenters. The molecule has 0 aliphatic heterocycles. The first-order valence-electron chi connectivity index (χ1n) is 8.19. The number of benzene rings is 2. The third kappa shape index (κ3) is 5.13. The molecule has 0 aliphatic carbocycles. The molecule has 0 bridgehead atoms. The van der Waals surface area contributed by atoms with Crippen LogP contribution >= 0.6 is 0 Å². The zero-order valence-electron chi connectivity index (χ0n) is 15.7. The number of hydrogen-bond acceptors (Lipinski definition) is 7. The Morgan fingerprint density at radius 3 is 2.04 bits per heavy atom. The molecule has 1 unspecified atom stereocenters. The number of Topliss-reactive ketones (excluding diaryl/α,β-unsaturated/α-hetero) is 1. The Labute approximate surface area is 157 Å². The van der Waals surface area contributed by atoms with Gasteiger partial charge in [-0.25, -0.2) is 0 Å². The van der Waals surface area contributed by atoms with Crippen LogP contribution in [-0.2, 0) is 9.53 Å². The van der Waals surface area contributed by atoms with Crippen LogP contribution < -0.4 is 18.9 Å². The van der Waals surface area contributed by atoms with Crippen molar-refractivity contribution in [3.8, 4) is 23.0 Å². The summed E-state index contributed by atoms with van der Waals surface area (Å²) in [5.74, 6) is 0.853. The van der Waals surface area contributed by atoms with Crippen LogP contribution in [0.25, 0.3) is 0 Å². The predicted molar refractivity (Wildman–Crippen MR) is 97.9 cm³/mol. The van der Waals surface area contributed by atoms with Gasteiger partial charge in [0, 0.05) is 12.5 Å². The van der Waals surface area contributed by atoms with E-state index in [0.717, 1.165) is 0 Å². The van der Waals surface area contributed by atoms with Crippen molar-refractivity contribution < 1.29 is 33.3 Å². The minimum absolute atomic E-state index is 0.236. The lowest BCUT2D eigenvalue weighted by Crippen LogP contribution is -2.33. The van der Waals surface area contributed by atoms with Gasteiger partial charge < -0.3 is 23.7 Å². The molecule has 27 heavy (non-hydrogen) atoms. The van der Waals surface area contributed by atoms with E-state index in [1.54, 1.807) is 42.5 Å². The first-order valence-corrected chi connectivity index (χ1v) is 8.19. The van der Waals surface area contributed by atoms with E-state index in [1.165, 1.54) is 28.3 Å². The largest absolute Gasteiger partial charge is 0.493 e. The third-order valence-electron chi connectivity index (χ3n) is 3.74. The van der Waals surface area contributed by atoms with E-state index in [-0.39, 0.29) is 12.4 Å². The highest BCUT2D eigenvalue weighted by atomic mass is 16.6. The number of para-hydroxylation sites is 2. The van der Waals surface area contributed by atoms with Crippen molar-refractivity contribution in [2.24, 2.45) is 0 Å². The summed E-state index contributed by atoms with van der Waals surface area (Å²) in [4.78, 5) is 24.2. The van der Waals surface area contributed by atoms with Gasteiger partial charge >= 0.3 is 5.97 Å². The van der Waals surface area contributed by atoms with Gasteiger partial charge in [-0.05, 0) is 30.3 Å². The molecule has 0 heterocycles. The van der Waals surface area contributed by atoms with Crippen LogP contribution in [0, 0.1) is 0 Å². The second-order valence-corrected chi connectivity index (χ2v) is 5.49. The van der Waals surface area contributed by atoms with Crippen molar-refractivity contribution in [1.29, 1.82) is 0 Å². The first kappa shape index (κ1) is 20.1. The van der Waals surface area contributed by atoms with Crippen LogP contribution in [0.4, 0.5) is 0 Å². The van der Waals surface area contributed by atoms with Crippen molar-refractivity contribution in [2.45, 2.75) is 13.0 Å². The Morgan fingerprint density at radius 1 is 0.852 bits per heavy atom. The van der Waals surface area contributed by atoms with E-state index in [2.05, 4.69) is 0 Å². The van der Waals surface area contributed by atoms with Gasteiger partial charge in [0.1, 0.15) is 6.61 Å². The molecule has 7 nitrogen and oxygen atoms in total. The summed E-state index contributed by atoms with van der Waals surface area (Å²) < 4.78 is 26.5. The Balaban J connectivity index is 2.32. The average Bonchev–Trinajstić information content (AvgIpc) is 2.70. The Bertz CT molecular complexity index is 801. The van der Waals surface area contributed by atoms with Crippen molar-refractivity contribution >= 4 is 11.8 Å². The minimum Gasteiger partial charge on any atom is -0.493 e. The predicted octanol–water partition coefficient (Wildman–Crippen LogP) is 2.91. The van der Waals surface area contributed by atoms with Crippen molar-refractivity contribution in [3.05, 3.63) is 48.0 Å². The second kappa shape index (κ2) is 9.47. The molecule has 2 aromatic rings. The van der Waals surface area contributed by atoms with E-state index in [4.69, 9.17) is 23.7 Å². The quantitative estimate of drug-likeness (QED) is 0.493. The van der Waals surface area contributed by atoms with Crippen LogP contribution in [0.5, 0.6) is 23.0 Å². The maximum Gasteiger partial charge on any atom is 0.302 e. The molecule has 2 aromatic carbocycles. The van der Waals surface area contributed by atoms with Gasteiger partial charge in [0.15, 0.2) is 29.1 Å². The summed E-state index contributed by atoms with van der Waals surface area (Å²) in [6.07, 6.45) is -1.05. The number of carbonyl (C=O) groups is 2. The van der Waals surface area contributed by atoms with Crippen LogP contribution in [0.2, 0.25) is 0 Å². The SMILES string of the molecule is COc1ccc(C(=O)C(COC(C)=O)Oc2ccccc2OC)cc1OC. The number of carbonyl (C=O) groups excluding carboxylic acids is 2. The van der Waals surface area contributed by atoms with Gasteiger partial charge in [0.25, 0.3) is 0 Å². The lowest BCUT2D eigenvalue weighted by Gasteiger charge is -2.20. The first-order chi connectivity index (χ1) is 13.0. The fraction of sp³-hybridized carbons (Fsp3) is 0.300. The number of hydrogen-bond donors (Lipinski definition) is 0. The summed E-state index contributed by atoms with van der Waals surface area (Å²) in [5.41, 5.74) is 0.333. The smallest absolute Gasteiger partial charge is 0.302 e. The van der Waals surface area contributed by atoms with Crippen LogP contribution in [0.15, 0.2) is 42.5 Å². The van der Waals surface area contributed by atoms with Gasteiger partial charge in [-0.15, -0.1) is 0 Å². The van der Waals surface area contributed by atoms with Crippen molar-refractivity contribution in [1.82, 2.24) is 0 Å². The molecule has 144 valence electrons. The zero-order chi connectivity index (χ0) is 19.8. The maximum absolute atomic E-state index is 13.0. The molecule has 0 radical (unpaired) electrons. The fourth-order valence-electron chi connectivity index (χ4n) is 2.40. The van der Waals surface area contributed by atoms with Crippen molar-refractivity contribution in [3.63, 3.8) is 0 Å². The monoisotopic (exact) mass is 374 g/mol. The molecule has 0 aliphatic rings. The van der Waals surface area contributed by atoms with Crippen LogP contribution in [0.1, 0.15) is 17.3 Å². The molecule has 0 fully saturated rings. The second-order valence-electron chi connectivity index (χ2n) is 5.49. The summed E-state index contributed by atoms with van der Waals surface area (Å²) >= 11 is 0. The summed E-state index contributed by atoms with van der Waals surface area (Å²) in [7, 11) is 4.49. The minimum atomic E-state index is -1.05. The number of ketones is 1. The lowest BCUT2D eigenvalue weighted by atomic mass is 10.1. The highest BCUT2D eigenvalue weighted by Gasteiger charge is 2.26. The molecule has 0 N–H and O–H groups in total. The van der Waals surface area contributed by atoms with Gasteiger partial charge in [-0.3, -0.25) is 9.59 Å². The Kier molecular flexibility index (Phi) is 7.05. The maximum atomic E-state index is 13.0. The lowest BCUT2D eigenvalue weighted by molar-refractivity contribution is -0.142. The van der Waals surface area contributed by atoms with E-state index in [9.17, 15) is 9.59 Å². The van der Waals surface area contributed by atoms with E-state index in [1.807, 2.05) is 0 Å². The highest BCUT2D eigenvalue weighted by Crippen LogP contribution is 2.30. The highest BCUT2D eigenvalue weighted by molar-refractivity contribution is 6.00.